The number of aryl methyl sites for hydroxylation is 1. The third-order valence-electron chi connectivity index (χ3n) is 2.92. The molecule has 0 saturated carbocycles. The van der Waals surface area contributed by atoms with E-state index in [9.17, 15) is 9.59 Å². The van der Waals surface area contributed by atoms with Crippen LogP contribution in [0.15, 0.2) is 29.2 Å². The molecule has 108 valence electrons. The Kier molecular flexibility index (Phi) is 4.52. The molecule has 0 saturated heterocycles. The number of aliphatic hydroxyl groups is 1. The monoisotopic (exact) mass is 278 g/mol. The van der Waals surface area contributed by atoms with Crippen LogP contribution in [0.25, 0.3) is 5.65 Å². The summed E-state index contributed by atoms with van der Waals surface area (Å²) in [6.07, 6.45) is 1.91. The van der Waals surface area contributed by atoms with Gasteiger partial charge in [0.05, 0.1) is 12.6 Å². The Morgan fingerprint density at radius 2 is 2.30 bits per heavy atom. The first-order valence-electron chi connectivity index (χ1n) is 6.57. The van der Waals surface area contributed by atoms with Crippen LogP contribution in [0.2, 0.25) is 0 Å². The summed E-state index contributed by atoms with van der Waals surface area (Å²) in [7, 11) is 0. The minimum Gasteiger partial charge on any atom is -0.393 e. The van der Waals surface area contributed by atoms with E-state index in [2.05, 4.69) is 10.4 Å². The molecular formula is C13H18N4O3. The van der Waals surface area contributed by atoms with Crippen LogP contribution >= 0.6 is 0 Å². The van der Waals surface area contributed by atoms with Crippen molar-refractivity contribution in [2.75, 3.05) is 6.54 Å². The number of fused-ring (bicyclic) bond motifs is 1. The first kappa shape index (κ1) is 14.3. The van der Waals surface area contributed by atoms with Crippen molar-refractivity contribution < 1.29 is 9.90 Å². The summed E-state index contributed by atoms with van der Waals surface area (Å²) in [5.41, 5.74) is 0.310. The number of aromatic nitrogens is 3. The molecule has 0 fully saturated rings. The second-order valence-corrected chi connectivity index (χ2v) is 4.67. The molecule has 0 aliphatic rings. The van der Waals surface area contributed by atoms with Gasteiger partial charge < -0.3 is 10.4 Å². The zero-order valence-electron chi connectivity index (χ0n) is 11.3. The number of carbonyl (C=O) groups is 1. The zero-order valence-corrected chi connectivity index (χ0v) is 11.3. The van der Waals surface area contributed by atoms with E-state index in [0.717, 1.165) is 0 Å². The summed E-state index contributed by atoms with van der Waals surface area (Å²) in [6.45, 7) is 2.33. The second-order valence-electron chi connectivity index (χ2n) is 4.67. The lowest BCUT2D eigenvalue weighted by Gasteiger charge is -2.06. The fourth-order valence-corrected chi connectivity index (χ4v) is 1.83. The normalized spacial score (nSPS) is 12.5. The highest BCUT2D eigenvalue weighted by Crippen LogP contribution is 1.96. The van der Waals surface area contributed by atoms with Crippen LogP contribution in [0.4, 0.5) is 0 Å². The molecule has 0 radical (unpaired) electrons. The summed E-state index contributed by atoms with van der Waals surface area (Å²) < 4.78 is 2.72. The molecule has 2 rings (SSSR count). The van der Waals surface area contributed by atoms with Crippen molar-refractivity contribution in [2.24, 2.45) is 0 Å². The SMILES string of the molecule is CC(O)CCNC(=O)CCn1nc2ccccn2c1=O. The van der Waals surface area contributed by atoms with Gasteiger partial charge in [0.25, 0.3) is 0 Å². The standard InChI is InChI=1S/C13H18N4O3/c1-10(18)5-7-14-12(19)6-9-17-13(20)16-8-3-2-4-11(16)15-17/h2-4,8,10,18H,5-7,9H2,1H3,(H,14,19). The van der Waals surface area contributed by atoms with E-state index < -0.39 is 6.10 Å². The van der Waals surface area contributed by atoms with Gasteiger partial charge in [-0.25, -0.2) is 9.48 Å². The summed E-state index contributed by atoms with van der Waals surface area (Å²) in [4.78, 5) is 23.5. The molecule has 0 bridgehead atoms. The van der Waals surface area contributed by atoms with E-state index >= 15 is 0 Å². The van der Waals surface area contributed by atoms with Gasteiger partial charge >= 0.3 is 5.69 Å². The van der Waals surface area contributed by atoms with Gasteiger partial charge in [-0.1, -0.05) is 6.07 Å². The molecular weight excluding hydrogens is 260 g/mol. The molecule has 0 spiro atoms. The lowest BCUT2D eigenvalue weighted by Crippen LogP contribution is -2.29. The fraction of sp³-hybridized carbons (Fsp3) is 0.462. The molecule has 1 unspecified atom stereocenters. The maximum absolute atomic E-state index is 11.9. The molecule has 20 heavy (non-hydrogen) atoms. The average molecular weight is 278 g/mol. The smallest absolute Gasteiger partial charge is 0.350 e. The highest BCUT2D eigenvalue weighted by atomic mass is 16.3. The van der Waals surface area contributed by atoms with Crippen molar-refractivity contribution in [1.82, 2.24) is 19.5 Å². The van der Waals surface area contributed by atoms with Crippen molar-refractivity contribution in [3.63, 3.8) is 0 Å². The van der Waals surface area contributed by atoms with Crippen LogP contribution in [0.1, 0.15) is 19.8 Å². The Labute approximate surface area is 115 Å². The Hall–Kier alpha value is -2.15. The summed E-state index contributed by atoms with van der Waals surface area (Å²) in [5.74, 6) is -0.158. The van der Waals surface area contributed by atoms with Crippen molar-refractivity contribution in [2.45, 2.75) is 32.4 Å². The molecule has 7 heteroatoms. The lowest BCUT2D eigenvalue weighted by molar-refractivity contribution is -0.121. The molecule has 7 nitrogen and oxygen atoms in total. The van der Waals surface area contributed by atoms with E-state index in [0.29, 0.717) is 18.6 Å². The third kappa shape index (κ3) is 3.45. The third-order valence-corrected chi connectivity index (χ3v) is 2.92. The van der Waals surface area contributed by atoms with Crippen LogP contribution < -0.4 is 11.0 Å². The van der Waals surface area contributed by atoms with Crippen LogP contribution in [0.3, 0.4) is 0 Å². The van der Waals surface area contributed by atoms with Gasteiger partial charge in [0.1, 0.15) is 0 Å². The number of hydrogen-bond donors (Lipinski definition) is 2. The first-order chi connectivity index (χ1) is 9.58. The van der Waals surface area contributed by atoms with Crippen LogP contribution in [0, 0.1) is 0 Å². The maximum Gasteiger partial charge on any atom is 0.350 e. The number of hydrogen-bond acceptors (Lipinski definition) is 4. The summed E-state index contributed by atoms with van der Waals surface area (Å²) in [5, 5.41) is 15.9. The van der Waals surface area contributed by atoms with E-state index in [-0.39, 0.29) is 24.6 Å². The van der Waals surface area contributed by atoms with E-state index in [1.54, 1.807) is 31.3 Å². The van der Waals surface area contributed by atoms with Gasteiger partial charge in [-0.15, -0.1) is 5.10 Å². The van der Waals surface area contributed by atoms with Gasteiger partial charge in [0.2, 0.25) is 5.91 Å². The van der Waals surface area contributed by atoms with E-state index in [4.69, 9.17) is 5.11 Å². The quantitative estimate of drug-likeness (QED) is 0.764. The van der Waals surface area contributed by atoms with Gasteiger partial charge in [0.15, 0.2) is 5.65 Å². The van der Waals surface area contributed by atoms with Gasteiger partial charge in [0, 0.05) is 19.2 Å². The van der Waals surface area contributed by atoms with Gasteiger partial charge in [-0.3, -0.25) is 9.20 Å². The van der Waals surface area contributed by atoms with E-state index in [1.165, 1.54) is 9.08 Å². The fourth-order valence-electron chi connectivity index (χ4n) is 1.83. The van der Waals surface area contributed by atoms with Gasteiger partial charge in [-0.05, 0) is 25.5 Å². The van der Waals surface area contributed by atoms with E-state index in [1.807, 2.05) is 0 Å². The lowest BCUT2D eigenvalue weighted by atomic mass is 10.3. The predicted molar refractivity (Wildman–Crippen MR) is 73.4 cm³/mol. The second kappa shape index (κ2) is 6.33. The Morgan fingerprint density at radius 1 is 1.50 bits per heavy atom. The zero-order chi connectivity index (χ0) is 14.5. The molecule has 1 amide bonds. The van der Waals surface area contributed by atoms with Crippen LogP contribution in [-0.4, -0.2) is 37.8 Å². The van der Waals surface area contributed by atoms with Crippen LogP contribution in [0.5, 0.6) is 0 Å². The molecule has 2 N–H and O–H groups in total. The molecule has 2 aromatic heterocycles. The number of aliphatic hydroxyl groups excluding tert-OH is 1. The molecule has 2 aromatic rings. The number of nitrogens with one attached hydrogen (secondary N) is 1. The van der Waals surface area contributed by atoms with Crippen molar-refractivity contribution in [3.05, 3.63) is 34.9 Å². The highest BCUT2D eigenvalue weighted by Gasteiger charge is 2.08. The maximum atomic E-state index is 11.9. The van der Waals surface area contributed by atoms with Crippen LogP contribution in [-0.2, 0) is 11.3 Å². The molecule has 0 aliphatic carbocycles. The number of amides is 1. The minimum absolute atomic E-state index is 0.158. The topological polar surface area (TPSA) is 88.6 Å². The van der Waals surface area contributed by atoms with Crippen molar-refractivity contribution in [3.8, 4) is 0 Å². The summed E-state index contributed by atoms with van der Waals surface area (Å²) in [6, 6.07) is 5.29. The first-order valence-corrected chi connectivity index (χ1v) is 6.57. The number of rotatable bonds is 6. The average Bonchev–Trinajstić information content (AvgIpc) is 2.73. The van der Waals surface area contributed by atoms with Crippen molar-refractivity contribution >= 4 is 11.6 Å². The van der Waals surface area contributed by atoms with Gasteiger partial charge in [-0.2, -0.15) is 0 Å². The Bertz CT molecular complexity index is 644. The number of nitrogens with zero attached hydrogens (tertiary/aromatic N) is 3. The number of carbonyl (C=O) groups excluding carboxylic acids is 1. The minimum atomic E-state index is -0.434. The molecule has 1 atom stereocenters. The Morgan fingerprint density at radius 3 is 3.00 bits per heavy atom. The largest absolute Gasteiger partial charge is 0.393 e. The number of pyridine rings is 1. The van der Waals surface area contributed by atoms with Crippen molar-refractivity contribution in [1.29, 1.82) is 0 Å². The predicted octanol–water partition coefficient (Wildman–Crippen LogP) is -0.227. The Balaban J connectivity index is 1.91. The highest BCUT2D eigenvalue weighted by molar-refractivity contribution is 5.75. The molecule has 0 aromatic carbocycles. The summed E-state index contributed by atoms with van der Waals surface area (Å²) >= 11 is 0. The molecule has 0 aliphatic heterocycles. The molecule has 2 heterocycles.